The van der Waals surface area contributed by atoms with Gasteiger partial charge in [-0.05, 0) is 50.6 Å². The molecule has 0 amide bonds. The molecule has 3 aliphatic carbocycles. The van der Waals surface area contributed by atoms with Gasteiger partial charge in [-0.25, -0.2) is 0 Å². The van der Waals surface area contributed by atoms with Crippen molar-refractivity contribution in [3.8, 4) is 0 Å². The third kappa shape index (κ3) is 1.83. The highest BCUT2D eigenvalue weighted by Gasteiger charge is 2.94. The molecule has 0 aromatic heterocycles. The van der Waals surface area contributed by atoms with Crippen molar-refractivity contribution < 1.29 is 13.5 Å². The number of rotatable bonds is 2. The molecule has 1 unspecified atom stereocenters. The fraction of sp³-hybridized carbons (Fsp3) is 0.385. The minimum Gasteiger partial charge on any atom is -0.382 e. The molecular formula is C26H25INO3S+. The van der Waals surface area contributed by atoms with Crippen molar-refractivity contribution in [3.63, 3.8) is 0 Å². The monoisotopic (exact) mass is 558 g/mol. The van der Waals surface area contributed by atoms with Gasteiger partial charge in [0.2, 0.25) is 5.76 Å². The molecule has 3 fully saturated rings. The predicted octanol–water partition coefficient (Wildman–Crippen LogP) is 5.13. The number of hydrogen-bond donors (Lipinski definition) is 2. The molecule has 2 N–H and O–H groups in total. The number of aliphatic hydroxyl groups is 1. The minimum absolute atomic E-state index is 0.0877. The third-order valence-corrected chi connectivity index (χ3v) is 12.5. The molecule has 164 valence electrons. The molecule has 2 spiro atoms. The number of fused-ring (bicyclic) bond motifs is 3. The number of nitrogens with one attached hydrogen (secondary N) is 1. The van der Waals surface area contributed by atoms with Crippen LogP contribution < -0.4 is 4.72 Å². The molecule has 5 aliphatic rings. The van der Waals surface area contributed by atoms with E-state index in [1.807, 2.05) is 48.5 Å². The van der Waals surface area contributed by atoms with Crippen LogP contribution in [0.25, 0.3) is 11.3 Å². The number of hydrogen-bond acceptors (Lipinski definition) is 3. The van der Waals surface area contributed by atoms with Crippen molar-refractivity contribution in [2.24, 2.45) is 16.7 Å². The van der Waals surface area contributed by atoms with E-state index in [-0.39, 0.29) is 16.7 Å². The van der Waals surface area contributed by atoms with Gasteiger partial charge in [0.05, 0.1) is 5.41 Å². The van der Waals surface area contributed by atoms with E-state index in [1.165, 1.54) is 0 Å². The normalized spacial score (nSPS) is 42.4. The van der Waals surface area contributed by atoms with Crippen molar-refractivity contribution in [2.75, 3.05) is 5.75 Å². The maximum atomic E-state index is 14.2. The van der Waals surface area contributed by atoms with Crippen LogP contribution in [0, 0.1) is 16.7 Å². The van der Waals surface area contributed by atoms with E-state index in [1.54, 1.807) is 0 Å². The smallest absolute Gasteiger partial charge is 0.334 e. The molecular weight excluding hydrogens is 533 g/mol. The highest BCUT2D eigenvalue weighted by atomic mass is 127. The summed E-state index contributed by atoms with van der Waals surface area (Å²) in [6, 6.07) is 20.3. The van der Waals surface area contributed by atoms with Crippen molar-refractivity contribution in [3.05, 3.63) is 80.9 Å². The average molecular weight is 558 g/mol. The zero-order valence-electron chi connectivity index (χ0n) is 18.0. The van der Waals surface area contributed by atoms with Gasteiger partial charge in [-0.1, -0.05) is 79.2 Å². The summed E-state index contributed by atoms with van der Waals surface area (Å²) in [5.74, 6) is 1.20. The fourth-order valence-electron chi connectivity index (χ4n) is 8.03. The second-order valence-corrected chi connectivity index (χ2v) is 13.4. The Balaban J connectivity index is 1.66. The lowest BCUT2D eigenvalue weighted by molar-refractivity contribution is -0.0331. The summed E-state index contributed by atoms with van der Waals surface area (Å²) in [7, 11) is -2.83. The zero-order valence-corrected chi connectivity index (χ0v) is 21.0. The summed E-state index contributed by atoms with van der Waals surface area (Å²) in [6.45, 7) is 4.54. The molecule has 32 heavy (non-hydrogen) atoms. The molecule has 6 heteroatoms. The van der Waals surface area contributed by atoms with Crippen LogP contribution in [0.5, 0.6) is 0 Å². The molecule has 7 rings (SSSR count). The third-order valence-electron chi connectivity index (χ3n) is 9.23. The van der Waals surface area contributed by atoms with Gasteiger partial charge < -0.3 is 5.11 Å². The van der Waals surface area contributed by atoms with Crippen LogP contribution >= 0.6 is 22.6 Å². The highest BCUT2D eigenvalue weighted by Crippen LogP contribution is 2.84. The van der Waals surface area contributed by atoms with Crippen LogP contribution in [0.4, 0.5) is 0 Å². The number of halogens is 1. The predicted molar refractivity (Wildman–Crippen MR) is 135 cm³/mol. The van der Waals surface area contributed by atoms with Crippen LogP contribution in [0.2, 0.25) is 0 Å². The molecule has 5 atom stereocenters. The van der Waals surface area contributed by atoms with Gasteiger partial charge >= 0.3 is 10.4 Å². The van der Waals surface area contributed by atoms with Gasteiger partial charge in [0.1, 0.15) is 11.1 Å². The summed E-state index contributed by atoms with van der Waals surface area (Å²) in [5.41, 5.74) is 1.57. The Bertz CT molecular complexity index is 1300. The minimum atomic E-state index is -2.83. The first kappa shape index (κ1) is 19.9. The first-order valence-electron chi connectivity index (χ1n) is 11.2. The molecule has 2 aliphatic heterocycles. The lowest BCUT2D eigenvalue weighted by Gasteiger charge is -2.46. The Labute approximate surface area is 203 Å². The van der Waals surface area contributed by atoms with Crippen molar-refractivity contribution in [1.82, 2.24) is 4.72 Å². The van der Waals surface area contributed by atoms with E-state index >= 15 is 0 Å². The van der Waals surface area contributed by atoms with Gasteiger partial charge in [0.25, 0.3) is 0 Å². The first-order chi connectivity index (χ1) is 15.2. The van der Waals surface area contributed by atoms with Crippen molar-refractivity contribution >= 4 is 44.3 Å². The van der Waals surface area contributed by atoms with Crippen molar-refractivity contribution in [1.29, 1.82) is 0 Å². The quantitative estimate of drug-likeness (QED) is 0.397. The summed E-state index contributed by atoms with van der Waals surface area (Å²) in [5, 5.41) is 12.8. The molecule has 2 saturated carbocycles. The molecule has 2 aromatic carbocycles. The van der Waals surface area contributed by atoms with E-state index < -0.39 is 21.5 Å². The van der Waals surface area contributed by atoms with Crippen LogP contribution in [0.1, 0.15) is 37.8 Å². The van der Waals surface area contributed by atoms with E-state index in [9.17, 15) is 9.32 Å². The summed E-state index contributed by atoms with van der Waals surface area (Å²) in [6.07, 6.45) is 1.88. The molecule has 2 heterocycles. The van der Waals surface area contributed by atoms with E-state index in [0.29, 0.717) is 11.5 Å². The summed E-state index contributed by atoms with van der Waals surface area (Å²) >= 11 is 2.37. The second-order valence-electron chi connectivity index (χ2n) is 10.5. The topological polar surface area (TPSA) is 58.6 Å². The van der Waals surface area contributed by atoms with E-state index in [4.69, 9.17) is 4.18 Å². The Morgan fingerprint density at radius 2 is 1.69 bits per heavy atom. The lowest BCUT2D eigenvalue weighted by Crippen LogP contribution is -2.67. The Kier molecular flexibility index (Phi) is 3.59. The number of benzene rings is 2. The zero-order chi connectivity index (χ0) is 22.1. The largest absolute Gasteiger partial charge is 0.382 e. The van der Waals surface area contributed by atoms with Gasteiger partial charge in [-0.15, -0.1) is 0 Å². The highest BCUT2D eigenvalue weighted by molar-refractivity contribution is 14.1. The summed E-state index contributed by atoms with van der Waals surface area (Å²) in [4.78, 5) is 0. The molecule has 1 saturated heterocycles. The van der Waals surface area contributed by atoms with Crippen LogP contribution in [0.15, 0.2) is 69.8 Å². The fourth-order valence-corrected chi connectivity index (χ4v) is 12.3. The van der Waals surface area contributed by atoms with Crippen LogP contribution in [0.3, 0.4) is 0 Å². The van der Waals surface area contributed by atoms with Gasteiger partial charge in [-0.3, -0.25) is 4.18 Å². The summed E-state index contributed by atoms with van der Waals surface area (Å²) < 4.78 is 25.1. The standard InChI is InChI=1S/C26H25INO3S/c1-23(2)18-13-14-24(23)15-32(30)28-26(24)20(21(31-32)17-11-7-4-8-12-17)19(22(27)25(18,26)29)16-9-5-3-6-10-16/h3-12,18,29H,13-15H2,1-2H3,(H,28,30)/q+1/t18-,24-,25-,26-,32?/m0/s1. The van der Waals surface area contributed by atoms with Crippen LogP contribution in [-0.2, 0) is 18.8 Å². The SMILES string of the molecule is CC1(C)[C@@H]2CC[C@]13C[S+]1(=O)N[C@@]34C(=C(c3ccccc3)O1)C(c1ccccc1)=C(I)[C@@]24O. The molecule has 2 aromatic rings. The first-order valence-corrected chi connectivity index (χ1v) is 13.9. The second kappa shape index (κ2) is 5.77. The molecule has 4 bridgehead atoms. The van der Waals surface area contributed by atoms with Crippen molar-refractivity contribution in [2.45, 2.75) is 37.8 Å². The van der Waals surface area contributed by atoms with Gasteiger partial charge in [0, 0.05) is 26.2 Å². The van der Waals surface area contributed by atoms with Gasteiger partial charge in [-0.2, -0.15) is 0 Å². The Hall–Kier alpha value is -1.48. The molecule has 4 nitrogen and oxygen atoms in total. The van der Waals surface area contributed by atoms with Crippen LogP contribution in [-0.4, -0.2) is 22.0 Å². The van der Waals surface area contributed by atoms with Gasteiger partial charge in [0.15, 0.2) is 5.75 Å². The average Bonchev–Trinajstić information content (AvgIpc) is 3.30. The maximum absolute atomic E-state index is 14.2. The van der Waals surface area contributed by atoms with E-state index in [0.717, 1.165) is 38.7 Å². The molecule has 0 radical (unpaired) electrons. The maximum Gasteiger partial charge on any atom is 0.334 e. The Morgan fingerprint density at radius 1 is 1.06 bits per heavy atom. The van der Waals surface area contributed by atoms with E-state index in [2.05, 4.69) is 53.3 Å². The Morgan fingerprint density at radius 3 is 2.34 bits per heavy atom. The lowest BCUT2D eigenvalue weighted by atomic mass is 9.58.